The second-order valence-corrected chi connectivity index (χ2v) is 4.89. The molecule has 4 nitrogen and oxygen atoms in total. The van der Waals surface area contributed by atoms with E-state index in [1.807, 2.05) is 0 Å². The largest absolute Gasteiger partial charge is 0.365 e. The quantitative estimate of drug-likeness (QED) is 0.865. The number of hydrogen-bond donors (Lipinski definition) is 2. The average molecular weight is 256 g/mol. The van der Waals surface area contributed by atoms with Crippen LogP contribution < -0.4 is 10.6 Å². The Balaban J connectivity index is 2.19. The van der Waals surface area contributed by atoms with Crippen LogP contribution in [0.15, 0.2) is 48.0 Å². The van der Waals surface area contributed by atoms with Crippen molar-refractivity contribution in [2.24, 2.45) is 0 Å². The molecule has 2 N–H and O–H groups in total. The molecule has 0 aromatic carbocycles. The van der Waals surface area contributed by atoms with Gasteiger partial charge in [0.15, 0.2) is 11.6 Å². The summed E-state index contributed by atoms with van der Waals surface area (Å²) in [5, 5.41) is 6.65. The number of anilines is 2. The van der Waals surface area contributed by atoms with E-state index in [9.17, 15) is 0 Å². The molecule has 0 bridgehead atoms. The number of aromatic nitrogens is 2. The van der Waals surface area contributed by atoms with Crippen LogP contribution in [0.3, 0.4) is 0 Å². The molecule has 0 spiro atoms. The van der Waals surface area contributed by atoms with Gasteiger partial charge in [-0.05, 0) is 32.4 Å². The zero-order valence-electron chi connectivity index (χ0n) is 11.6. The van der Waals surface area contributed by atoms with Crippen molar-refractivity contribution in [3.8, 4) is 0 Å². The van der Waals surface area contributed by atoms with Crippen molar-refractivity contribution in [1.82, 2.24) is 9.97 Å². The van der Waals surface area contributed by atoms with Crippen LogP contribution in [0.25, 0.3) is 0 Å². The number of hydrogen-bond acceptors (Lipinski definition) is 4. The summed E-state index contributed by atoms with van der Waals surface area (Å²) in [6.07, 6.45) is 12.7. The van der Waals surface area contributed by atoms with E-state index in [2.05, 4.69) is 65.7 Å². The van der Waals surface area contributed by atoms with Crippen LogP contribution in [-0.2, 0) is 0 Å². The maximum absolute atomic E-state index is 4.36. The Morgan fingerprint density at radius 1 is 1.16 bits per heavy atom. The smallest absolute Gasteiger partial charge is 0.173 e. The summed E-state index contributed by atoms with van der Waals surface area (Å²) in [6, 6.07) is 0.321. The molecule has 0 atom stereocenters. The minimum Gasteiger partial charge on any atom is -0.365 e. The van der Waals surface area contributed by atoms with E-state index in [4.69, 9.17) is 0 Å². The van der Waals surface area contributed by atoms with Crippen molar-refractivity contribution >= 4 is 11.6 Å². The molecule has 0 unspecified atom stereocenters. The average Bonchev–Trinajstić information content (AvgIpc) is 2.55. The molecule has 0 radical (unpaired) electrons. The molecule has 1 aromatic rings. The van der Waals surface area contributed by atoms with Crippen molar-refractivity contribution in [3.05, 3.63) is 48.0 Å². The third kappa shape index (κ3) is 3.95. The van der Waals surface area contributed by atoms with E-state index in [-0.39, 0.29) is 0 Å². The van der Waals surface area contributed by atoms with E-state index in [1.165, 1.54) is 5.57 Å². The SMILES string of the molecule is CC1=CC=CCC(Nc2nccnc2NC(C)C)=C1. The van der Waals surface area contributed by atoms with E-state index in [1.54, 1.807) is 12.4 Å². The Morgan fingerprint density at radius 2 is 1.89 bits per heavy atom. The summed E-state index contributed by atoms with van der Waals surface area (Å²) in [7, 11) is 0. The maximum atomic E-state index is 4.36. The monoisotopic (exact) mass is 256 g/mol. The number of nitrogens with one attached hydrogen (secondary N) is 2. The molecule has 4 heteroatoms. The molecule has 0 saturated heterocycles. The maximum Gasteiger partial charge on any atom is 0.173 e. The first-order chi connectivity index (χ1) is 9.15. The van der Waals surface area contributed by atoms with E-state index in [0.29, 0.717) is 6.04 Å². The van der Waals surface area contributed by atoms with Crippen LogP contribution in [-0.4, -0.2) is 16.0 Å². The predicted molar refractivity (Wildman–Crippen MR) is 80.0 cm³/mol. The van der Waals surface area contributed by atoms with Gasteiger partial charge in [-0.1, -0.05) is 18.2 Å². The fraction of sp³-hybridized carbons (Fsp3) is 0.333. The minimum absolute atomic E-state index is 0.321. The lowest BCUT2D eigenvalue weighted by Crippen LogP contribution is -2.14. The van der Waals surface area contributed by atoms with Crippen molar-refractivity contribution in [2.75, 3.05) is 10.6 Å². The van der Waals surface area contributed by atoms with Gasteiger partial charge in [0.05, 0.1) is 0 Å². The van der Waals surface area contributed by atoms with Crippen LogP contribution in [0.5, 0.6) is 0 Å². The van der Waals surface area contributed by atoms with Crippen molar-refractivity contribution in [3.63, 3.8) is 0 Å². The van der Waals surface area contributed by atoms with Crippen LogP contribution >= 0.6 is 0 Å². The highest BCUT2D eigenvalue weighted by Crippen LogP contribution is 2.20. The van der Waals surface area contributed by atoms with Gasteiger partial charge in [0.25, 0.3) is 0 Å². The highest BCUT2D eigenvalue weighted by Gasteiger charge is 2.08. The van der Waals surface area contributed by atoms with Crippen LogP contribution in [0.1, 0.15) is 27.2 Å². The molecule has 0 aliphatic heterocycles. The molecule has 100 valence electrons. The Labute approximate surface area is 114 Å². The first-order valence-corrected chi connectivity index (χ1v) is 6.53. The molecule has 1 aliphatic rings. The Kier molecular flexibility index (Phi) is 4.34. The predicted octanol–water partition coefficient (Wildman–Crippen LogP) is 3.50. The summed E-state index contributed by atoms with van der Waals surface area (Å²) in [4.78, 5) is 8.69. The van der Waals surface area contributed by atoms with Gasteiger partial charge >= 0.3 is 0 Å². The Morgan fingerprint density at radius 3 is 2.63 bits per heavy atom. The lowest BCUT2D eigenvalue weighted by Gasteiger charge is -2.15. The van der Waals surface area contributed by atoms with Crippen molar-refractivity contribution < 1.29 is 0 Å². The molecular formula is C15H20N4. The fourth-order valence-electron chi connectivity index (χ4n) is 1.84. The first-order valence-electron chi connectivity index (χ1n) is 6.53. The van der Waals surface area contributed by atoms with Crippen molar-refractivity contribution in [1.29, 1.82) is 0 Å². The molecular weight excluding hydrogens is 236 g/mol. The first kappa shape index (κ1) is 13.3. The highest BCUT2D eigenvalue weighted by atomic mass is 15.1. The lowest BCUT2D eigenvalue weighted by molar-refractivity contribution is 0.886. The molecule has 0 fully saturated rings. The standard InChI is InChI=1S/C15H20N4/c1-11(2)18-14-15(17-9-8-16-14)19-13-7-5-4-6-12(3)10-13/h4-6,8-11H,7H2,1-3H3,(H,16,18)(H,17,19). The van der Waals surface area contributed by atoms with Gasteiger partial charge < -0.3 is 10.6 Å². The van der Waals surface area contributed by atoms with Crippen LogP contribution in [0.4, 0.5) is 11.6 Å². The topological polar surface area (TPSA) is 49.8 Å². The number of allylic oxidation sites excluding steroid dienone is 5. The van der Waals surface area contributed by atoms with Gasteiger partial charge in [-0.25, -0.2) is 9.97 Å². The normalized spacial score (nSPS) is 14.7. The van der Waals surface area contributed by atoms with Crippen molar-refractivity contribution in [2.45, 2.75) is 33.2 Å². The van der Waals surface area contributed by atoms with Gasteiger partial charge in [0.2, 0.25) is 0 Å². The van der Waals surface area contributed by atoms with Crippen LogP contribution in [0, 0.1) is 0 Å². The van der Waals surface area contributed by atoms with E-state index < -0.39 is 0 Å². The zero-order chi connectivity index (χ0) is 13.7. The Bertz CT molecular complexity index is 527. The molecule has 1 heterocycles. The molecule has 0 amide bonds. The molecule has 1 aliphatic carbocycles. The van der Waals surface area contributed by atoms with Gasteiger partial charge in [0, 0.05) is 30.6 Å². The van der Waals surface area contributed by atoms with Gasteiger partial charge in [-0.3, -0.25) is 0 Å². The minimum atomic E-state index is 0.321. The van der Waals surface area contributed by atoms with Gasteiger partial charge in [-0.15, -0.1) is 0 Å². The zero-order valence-corrected chi connectivity index (χ0v) is 11.6. The lowest BCUT2D eigenvalue weighted by atomic mass is 10.2. The molecule has 2 rings (SSSR count). The third-order valence-electron chi connectivity index (χ3n) is 2.64. The summed E-state index contributed by atoms with van der Waals surface area (Å²) in [5.74, 6) is 1.55. The Hall–Kier alpha value is -2.10. The van der Waals surface area contributed by atoms with E-state index in [0.717, 1.165) is 23.8 Å². The molecule has 0 saturated carbocycles. The molecule has 19 heavy (non-hydrogen) atoms. The highest BCUT2D eigenvalue weighted by molar-refractivity contribution is 5.62. The number of rotatable bonds is 4. The number of nitrogens with zero attached hydrogens (tertiary/aromatic N) is 2. The second-order valence-electron chi connectivity index (χ2n) is 4.89. The summed E-state index contributed by atoms with van der Waals surface area (Å²) < 4.78 is 0. The third-order valence-corrected chi connectivity index (χ3v) is 2.64. The molecule has 1 aromatic heterocycles. The fourth-order valence-corrected chi connectivity index (χ4v) is 1.84. The van der Waals surface area contributed by atoms with E-state index >= 15 is 0 Å². The summed E-state index contributed by atoms with van der Waals surface area (Å²) >= 11 is 0. The summed E-state index contributed by atoms with van der Waals surface area (Å²) in [6.45, 7) is 6.25. The van der Waals surface area contributed by atoms with Crippen LogP contribution in [0.2, 0.25) is 0 Å². The van der Waals surface area contributed by atoms with Gasteiger partial charge in [-0.2, -0.15) is 0 Å². The second kappa shape index (κ2) is 6.18. The van der Waals surface area contributed by atoms with Gasteiger partial charge in [0.1, 0.15) is 0 Å². The summed E-state index contributed by atoms with van der Waals surface area (Å²) in [5.41, 5.74) is 2.34.